The minimum absolute atomic E-state index is 0.0549. The Morgan fingerprint density at radius 3 is 2.36 bits per heavy atom. The van der Waals surface area contributed by atoms with E-state index in [1.807, 2.05) is 20.2 Å². The minimum Gasteiger partial charge on any atom is -0.490 e. The maximum atomic E-state index is 12.6. The van der Waals surface area contributed by atoms with Crippen molar-refractivity contribution in [2.75, 3.05) is 99.0 Å². The van der Waals surface area contributed by atoms with Gasteiger partial charge in [0, 0.05) is 18.7 Å². The highest BCUT2D eigenvalue weighted by molar-refractivity contribution is 8.76. The van der Waals surface area contributed by atoms with E-state index in [-0.39, 0.29) is 38.2 Å². The number of hydrogen-bond acceptors (Lipinski definition) is 11. The van der Waals surface area contributed by atoms with Crippen LogP contribution in [0.4, 0.5) is 0 Å². The first-order valence-electron chi connectivity index (χ1n) is 13.9. The van der Waals surface area contributed by atoms with E-state index in [4.69, 9.17) is 28.4 Å². The molecule has 11 nitrogen and oxygen atoms in total. The van der Waals surface area contributed by atoms with Gasteiger partial charge in [-0.25, -0.2) is 0 Å². The largest absolute Gasteiger partial charge is 0.490 e. The average molecular weight is 630 g/mol. The van der Waals surface area contributed by atoms with Gasteiger partial charge in [0.2, 0.25) is 5.91 Å². The monoisotopic (exact) mass is 629 g/mol. The molecule has 0 aliphatic carbocycles. The second kappa shape index (κ2) is 25.5. The molecule has 1 unspecified atom stereocenters. The van der Waals surface area contributed by atoms with Gasteiger partial charge in [0.05, 0.1) is 52.8 Å². The lowest BCUT2D eigenvalue weighted by atomic mass is 10.2. The van der Waals surface area contributed by atoms with Crippen molar-refractivity contribution in [3.05, 3.63) is 29.8 Å². The second-order valence-electron chi connectivity index (χ2n) is 8.85. The van der Waals surface area contributed by atoms with Crippen LogP contribution in [0.25, 0.3) is 0 Å². The molecule has 0 aliphatic rings. The summed E-state index contributed by atoms with van der Waals surface area (Å²) in [7, 11) is 5.00. The molecule has 0 aromatic heterocycles. The van der Waals surface area contributed by atoms with Crippen LogP contribution in [-0.2, 0) is 28.5 Å². The number of carbonyl (C=O) groups excluding carboxylic acids is 2. The zero-order valence-corrected chi connectivity index (χ0v) is 26.9. The molecule has 1 atom stereocenters. The van der Waals surface area contributed by atoms with Crippen LogP contribution < -0.4 is 20.7 Å². The summed E-state index contributed by atoms with van der Waals surface area (Å²) in [5.74, 6) is 5.59. The molecule has 0 bridgehead atoms. The fourth-order valence-electron chi connectivity index (χ4n) is 3.20. The number of amides is 2. The van der Waals surface area contributed by atoms with Gasteiger partial charge in [-0.2, -0.15) is 0 Å². The summed E-state index contributed by atoms with van der Waals surface area (Å²) in [5.41, 5.74) is 0.488. The quantitative estimate of drug-likeness (QED) is 0.0605. The molecule has 1 aromatic carbocycles. The van der Waals surface area contributed by atoms with Crippen molar-refractivity contribution in [2.24, 2.45) is 0 Å². The first kappa shape index (κ1) is 38.0. The second-order valence-corrected chi connectivity index (χ2v) is 11.7. The lowest BCUT2D eigenvalue weighted by Gasteiger charge is -2.28. The molecule has 13 heteroatoms. The SMILES string of the molecule is CC#CCNC(=O)COCCOC(C)(COc1cccc(C(=O)NCCOCCOCCOCCCNC)c1)SSC. The lowest BCUT2D eigenvalue weighted by molar-refractivity contribution is -0.126. The predicted octanol–water partition coefficient (Wildman–Crippen LogP) is 2.35. The Hall–Kier alpha value is -2.02. The van der Waals surface area contributed by atoms with Crippen molar-refractivity contribution in [3.8, 4) is 17.6 Å². The normalized spacial score (nSPS) is 12.2. The van der Waals surface area contributed by atoms with E-state index in [0.29, 0.717) is 57.4 Å². The van der Waals surface area contributed by atoms with Crippen LogP contribution in [0, 0.1) is 11.8 Å². The van der Waals surface area contributed by atoms with Gasteiger partial charge in [0.1, 0.15) is 19.0 Å². The van der Waals surface area contributed by atoms with Crippen LogP contribution in [0.3, 0.4) is 0 Å². The van der Waals surface area contributed by atoms with E-state index >= 15 is 0 Å². The highest BCUT2D eigenvalue weighted by Crippen LogP contribution is 2.35. The summed E-state index contributed by atoms with van der Waals surface area (Å²) in [5, 5.41) is 8.57. The van der Waals surface area contributed by atoms with E-state index in [1.165, 1.54) is 10.8 Å². The van der Waals surface area contributed by atoms with E-state index in [2.05, 4.69) is 27.8 Å². The first-order valence-corrected chi connectivity index (χ1v) is 16.5. The first-order chi connectivity index (χ1) is 20.4. The summed E-state index contributed by atoms with van der Waals surface area (Å²) < 4.78 is 33.8. The Labute approximate surface area is 258 Å². The Morgan fingerprint density at radius 2 is 1.64 bits per heavy atom. The van der Waals surface area contributed by atoms with Gasteiger partial charge in [-0.05, 0) is 58.3 Å². The van der Waals surface area contributed by atoms with Crippen LogP contribution >= 0.6 is 21.6 Å². The number of benzene rings is 1. The van der Waals surface area contributed by atoms with E-state index in [9.17, 15) is 9.59 Å². The van der Waals surface area contributed by atoms with Gasteiger partial charge in [-0.3, -0.25) is 9.59 Å². The molecule has 1 aromatic rings. The molecular formula is C29H47N3O8S2. The van der Waals surface area contributed by atoms with Crippen molar-refractivity contribution in [1.29, 1.82) is 0 Å². The fourth-order valence-corrected chi connectivity index (χ4v) is 5.14. The molecular weight excluding hydrogens is 582 g/mol. The number of nitrogens with one attached hydrogen (secondary N) is 3. The molecule has 0 heterocycles. The zero-order valence-electron chi connectivity index (χ0n) is 25.3. The molecule has 0 saturated heterocycles. The molecule has 0 fully saturated rings. The van der Waals surface area contributed by atoms with Gasteiger partial charge in [-0.15, -0.1) is 5.92 Å². The van der Waals surface area contributed by atoms with Crippen LogP contribution in [0.15, 0.2) is 24.3 Å². The average Bonchev–Trinajstić information content (AvgIpc) is 2.98. The van der Waals surface area contributed by atoms with Gasteiger partial charge in [-0.1, -0.05) is 33.6 Å². The standard InChI is InChI=1S/C29H47N3O8S2/c1-5-6-12-31-27(33)23-38-20-21-40-29(2,42-41-4)24-39-26-10-7-9-25(22-26)28(34)32-13-15-36-17-19-37-18-16-35-14-8-11-30-3/h7,9-10,22,30H,8,11-21,23-24H2,1-4H3,(H,31,33)(H,32,34). The Balaban J connectivity index is 2.27. The van der Waals surface area contributed by atoms with E-state index in [1.54, 1.807) is 42.0 Å². The van der Waals surface area contributed by atoms with Crippen LogP contribution in [-0.4, -0.2) is 116 Å². The summed E-state index contributed by atoms with van der Waals surface area (Å²) >= 11 is 0. The van der Waals surface area contributed by atoms with Gasteiger partial charge >= 0.3 is 0 Å². The van der Waals surface area contributed by atoms with Gasteiger partial charge < -0.3 is 44.4 Å². The van der Waals surface area contributed by atoms with Crippen LogP contribution in [0.1, 0.15) is 30.6 Å². The number of carbonyl (C=O) groups is 2. The molecule has 2 amide bonds. The molecule has 1 rings (SSSR count). The van der Waals surface area contributed by atoms with Crippen molar-refractivity contribution in [1.82, 2.24) is 16.0 Å². The molecule has 0 saturated carbocycles. The van der Waals surface area contributed by atoms with Crippen LogP contribution in [0.5, 0.6) is 5.75 Å². The third-order valence-corrected chi connectivity index (χ3v) is 7.58. The van der Waals surface area contributed by atoms with Crippen molar-refractivity contribution in [2.45, 2.75) is 25.2 Å². The summed E-state index contributed by atoms with van der Waals surface area (Å²) in [6.07, 6.45) is 2.93. The molecule has 0 radical (unpaired) electrons. The minimum atomic E-state index is -0.666. The highest BCUT2D eigenvalue weighted by atomic mass is 33.1. The van der Waals surface area contributed by atoms with Crippen molar-refractivity contribution >= 4 is 33.4 Å². The number of ether oxygens (including phenoxy) is 6. The predicted molar refractivity (Wildman–Crippen MR) is 168 cm³/mol. The maximum absolute atomic E-state index is 12.6. The smallest absolute Gasteiger partial charge is 0.251 e. The molecule has 3 N–H and O–H groups in total. The summed E-state index contributed by atoms with van der Waals surface area (Å²) in [4.78, 5) is 23.6. The summed E-state index contributed by atoms with van der Waals surface area (Å²) in [6, 6.07) is 6.99. The molecule has 42 heavy (non-hydrogen) atoms. The highest BCUT2D eigenvalue weighted by Gasteiger charge is 2.27. The molecule has 0 spiro atoms. The van der Waals surface area contributed by atoms with Crippen molar-refractivity contribution < 1.29 is 38.0 Å². The Bertz CT molecular complexity index is 932. The maximum Gasteiger partial charge on any atom is 0.251 e. The van der Waals surface area contributed by atoms with Gasteiger partial charge in [0.15, 0.2) is 4.93 Å². The third-order valence-electron chi connectivity index (χ3n) is 5.27. The number of hydrogen-bond donors (Lipinski definition) is 3. The topological polar surface area (TPSA) is 126 Å². The lowest BCUT2D eigenvalue weighted by Crippen LogP contribution is -2.33. The third kappa shape index (κ3) is 20.0. The van der Waals surface area contributed by atoms with Crippen LogP contribution in [0.2, 0.25) is 0 Å². The zero-order chi connectivity index (χ0) is 30.7. The number of rotatable bonds is 26. The van der Waals surface area contributed by atoms with Gasteiger partial charge in [0.25, 0.3) is 5.91 Å². The Kier molecular flexibility index (Phi) is 23.1. The van der Waals surface area contributed by atoms with E-state index in [0.717, 1.165) is 19.6 Å². The van der Waals surface area contributed by atoms with E-state index < -0.39 is 4.93 Å². The molecule has 238 valence electrons. The Morgan fingerprint density at radius 1 is 0.929 bits per heavy atom. The molecule has 0 aliphatic heterocycles. The summed E-state index contributed by atoms with van der Waals surface area (Å²) in [6.45, 7) is 9.13. The fraction of sp³-hybridized carbons (Fsp3) is 0.655. The van der Waals surface area contributed by atoms with Crippen molar-refractivity contribution in [3.63, 3.8) is 0 Å².